The van der Waals surface area contributed by atoms with Crippen LogP contribution in [0.15, 0.2) is 66.7 Å². The number of hydrogen-bond donors (Lipinski definition) is 3. The first-order chi connectivity index (χ1) is 20.5. The molecule has 0 aliphatic carbocycles. The van der Waals surface area contributed by atoms with Gasteiger partial charge in [0.2, 0.25) is 0 Å². The van der Waals surface area contributed by atoms with E-state index in [-0.39, 0.29) is 23.5 Å². The summed E-state index contributed by atoms with van der Waals surface area (Å²) < 4.78 is 51.2. The van der Waals surface area contributed by atoms with Gasteiger partial charge in [0, 0.05) is 18.2 Å². The van der Waals surface area contributed by atoms with Gasteiger partial charge in [-0.25, -0.2) is 9.18 Å². The van der Waals surface area contributed by atoms with Crippen molar-refractivity contribution in [1.82, 2.24) is 10.2 Å². The second-order valence-corrected chi connectivity index (χ2v) is 10.6. The molecule has 0 bridgehead atoms. The molecule has 1 amide bonds. The summed E-state index contributed by atoms with van der Waals surface area (Å²) in [4.78, 5) is 24.2. The number of ether oxygens (including phenoxy) is 1. The van der Waals surface area contributed by atoms with E-state index in [0.717, 1.165) is 35.4 Å². The van der Waals surface area contributed by atoms with Gasteiger partial charge in [-0.2, -0.15) is 13.2 Å². The molecular formula is C32H34F4N2O5. The van der Waals surface area contributed by atoms with Gasteiger partial charge >= 0.3 is 12.1 Å². The molecular weight excluding hydrogens is 568 g/mol. The topological polar surface area (TPSA) is 99.1 Å². The van der Waals surface area contributed by atoms with E-state index >= 15 is 0 Å². The zero-order chi connectivity index (χ0) is 31.0. The number of halogens is 4. The van der Waals surface area contributed by atoms with Gasteiger partial charge in [-0.05, 0) is 104 Å². The molecule has 2 atom stereocenters. The number of rotatable bonds is 7. The van der Waals surface area contributed by atoms with Crippen LogP contribution in [0.1, 0.15) is 58.8 Å². The highest BCUT2D eigenvalue weighted by Gasteiger charge is 2.38. The molecule has 7 nitrogen and oxygen atoms in total. The van der Waals surface area contributed by atoms with Crippen LogP contribution in [0.5, 0.6) is 11.5 Å². The van der Waals surface area contributed by atoms with E-state index in [1.54, 1.807) is 12.1 Å². The summed E-state index contributed by atoms with van der Waals surface area (Å²) in [6, 6.07) is 19.6. The number of carbonyl (C=O) groups is 2. The van der Waals surface area contributed by atoms with Crippen LogP contribution in [0.25, 0.3) is 0 Å². The summed E-state index contributed by atoms with van der Waals surface area (Å²) in [6.07, 6.45) is 0.992. The first-order valence-electron chi connectivity index (χ1n) is 14.1. The Balaban J connectivity index is 0.000000541. The van der Waals surface area contributed by atoms with Crippen molar-refractivity contribution in [1.29, 1.82) is 0 Å². The Bertz CT molecular complexity index is 1370. The van der Waals surface area contributed by atoms with Gasteiger partial charge < -0.3 is 25.2 Å². The van der Waals surface area contributed by atoms with Crippen LogP contribution < -0.4 is 10.1 Å². The van der Waals surface area contributed by atoms with Crippen LogP contribution >= 0.6 is 0 Å². The average molecular weight is 603 g/mol. The van der Waals surface area contributed by atoms with Crippen LogP contribution in [-0.4, -0.2) is 58.9 Å². The van der Waals surface area contributed by atoms with E-state index in [2.05, 4.69) is 17.4 Å². The lowest BCUT2D eigenvalue weighted by Crippen LogP contribution is -2.41. The third-order valence-electron chi connectivity index (χ3n) is 7.58. The van der Waals surface area contributed by atoms with Crippen molar-refractivity contribution in [2.75, 3.05) is 19.7 Å². The number of phenolic OH excluding ortho intramolecular Hbond substituents is 1. The number of nitrogens with zero attached hydrogens (tertiary/aromatic N) is 1. The second-order valence-electron chi connectivity index (χ2n) is 10.6. The first-order valence-corrected chi connectivity index (χ1v) is 14.1. The predicted molar refractivity (Wildman–Crippen MR) is 152 cm³/mol. The summed E-state index contributed by atoms with van der Waals surface area (Å²) in [7, 11) is 0. The van der Waals surface area contributed by atoms with Crippen molar-refractivity contribution in [3.8, 4) is 11.5 Å². The van der Waals surface area contributed by atoms with Gasteiger partial charge in [-0.1, -0.05) is 24.6 Å². The van der Waals surface area contributed by atoms with Crippen molar-refractivity contribution >= 4 is 11.9 Å². The highest BCUT2D eigenvalue weighted by molar-refractivity contribution is 5.94. The minimum Gasteiger partial charge on any atom is -0.508 e. The second kappa shape index (κ2) is 14.4. The maximum atomic E-state index is 13.4. The molecule has 3 aromatic carbocycles. The maximum Gasteiger partial charge on any atom is 0.490 e. The fourth-order valence-corrected chi connectivity index (χ4v) is 5.35. The Labute approximate surface area is 247 Å². The zero-order valence-corrected chi connectivity index (χ0v) is 23.4. The standard InChI is InChI=1S/C30H33FN2O3.C2HF3O2/c31-24-8-6-22(7-9-24)30(35)33-17-14-23-20-26(34)10-13-28(23)29(33)19-21-4-11-27(12-5-21)36-18-15-25-3-1-2-16-32-25;3-2(4,5)1(6)7/h4-13,20,25,29,32,34H,1-3,14-19H2;(H,6,7). The molecule has 5 rings (SSSR count). The van der Waals surface area contributed by atoms with E-state index in [1.165, 1.54) is 43.5 Å². The first kappa shape index (κ1) is 31.8. The van der Waals surface area contributed by atoms with Gasteiger partial charge in [-0.15, -0.1) is 0 Å². The summed E-state index contributed by atoms with van der Waals surface area (Å²) in [5.74, 6) is -2.15. The predicted octanol–water partition coefficient (Wildman–Crippen LogP) is 6.06. The number of carbonyl (C=O) groups excluding carboxylic acids is 1. The Morgan fingerprint density at radius 3 is 2.33 bits per heavy atom. The molecule has 43 heavy (non-hydrogen) atoms. The molecule has 2 heterocycles. The molecule has 1 saturated heterocycles. The van der Waals surface area contributed by atoms with Gasteiger partial charge in [-0.3, -0.25) is 4.79 Å². The quantitative estimate of drug-likeness (QED) is 0.285. The Morgan fingerprint density at radius 1 is 1.00 bits per heavy atom. The highest BCUT2D eigenvalue weighted by Crippen LogP contribution is 2.35. The van der Waals surface area contributed by atoms with Crippen LogP contribution in [-0.2, 0) is 17.6 Å². The molecule has 2 unspecified atom stereocenters. The number of fused-ring (bicyclic) bond motifs is 1. The van der Waals surface area contributed by atoms with E-state index in [4.69, 9.17) is 14.6 Å². The molecule has 11 heteroatoms. The number of hydrogen-bond acceptors (Lipinski definition) is 5. The van der Waals surface area contributed by atoms with Gasteiger partial charge in [0.25, 0.3) is 5.91 Å². The van der Waals surface area contributed by atoms with Crippen molar-refractivity contribution < 1.29 is 42.1 Å². The molecule has 2 aliphatic rings. The fraction of sp³-hybridized carbons (Fsp3) is 0.375. The molecule has 0 radical (unpaired) electrons. The van der Waals surface area contributed by atoms with Gasteiger partial charge in [0.15, 0.2) is 0 Å². The third-order valence-corrected chi connectivity index (χ3v) is 7.58. The van der Waals surface area contributed by atoms with Crippen molar-refractivity contribution in [2.45, 2.75) is 56.8 Å². The van der Waals surface area contributed by atoms with E-state index < -0.39 is 12.1 Å². The van der Waals surface area contributed by atoms with Gasteiger partial charge in [0.1, 0.15) is 17.3 Å². The number of alkyl halides is 3. The third kappa shape index (κ3) is 8.93. The summed E-state index contributed by atoms with van der Waals surface area (Å²) in [6.45, 7) is 2.33. The number of nitrogens with one attached hydrogen (secondary N) is 1. The van der Waals surface area contributed by atoms with Gasteiger partial charge in [0.05, 0.1) is 12.6 Å². The molecule has 230 valence electrons. The lowest BCUT2D eigenvalue weighted by Gasteiger charge is -2.38. The molecule has 0 aromatic heterocycles. The molecule has 3 N–H and O–H groups in total. The minimum atomic E-state index is -5.08. The number of benzene rings is 3. The largest absolute Gasteiger partial charge is 0.508 e. The molecule has 0 saturated carbocycles. The lowest BCUT2D eigenvalue weighted by atomic mass is 9.88. The average Bonchev–Trinajstić information content (AvgIpc) is 2.98. The number of amides is 1. The fourth-order valence-electron chi connectivity index (χ4n) is 5.35. The highest BCUT2D eigenvalue weighted by atomic mass is 19.4. The van der Waals surface area contributed by atoms with Crippen LogP contribution in [0.3, 0.4) is 0 Å². The number of carboxylic acids is 1. The van der Waals surface area contributed by atoms with Crippen molar-refractivity contribution in [3.05, 3.63) is 94.8 Å². The Kier molecular flexibility index (Phi) is 10.6. The SMILES string of the molecule is O=C(O)C(F)(F)F.O=C(c1ccc(F)cc1)N1CCc2cc(O)ccc2C1Cc1ccc(OCCC2CCCCN2)cc1. The van der Waals surface area contributed by atoms with Crippen LogP contribution in [0.4, 0.5) is 17.6 Å². The molecule has 0 spiro atoms. The zero-order valence-electron chi connectivity index (χ0n) is 23.4. The van der Waals surface area contributed by atoms with Crippen molar-refractivity contribution in [2.24, 2.45) is 0 Å². The smallest absolute Gasteiger partial charge is 0.490 e. The van der Waals surface area contributed by atoms with E-state index in [1.807, 2.05) is 23.1 Å². The minimum absolute atomic E-state index is 0.116. The lowest BCUT2D eigenvalue weighted by molar-refractivity contribution is -0.192. The molecule has 3 aromatic rings. The Morgan fingerprint density at radius 2 is 1.70 bits per heavy atom. The van der Waals surface area contributed by atoms with Crippen LogP contribution in [0, 0.1) is 5.82 Å². The Hall–Kier alpha value is -4.12. The summed E-state index contributed by atoms with van der Waals surface area (Å²) in [5.41, 5.74) is 3.66. The molecule has 1 fully saturated rings. The van der Waals surface area contributed by atoms with Crippen LogP contribution in [0.2, 0.25) is 0 Å². The monoisotopic (exact) mass is 602 g/mol. The number of aliphatic carboxylic acids is 1. The summed E-state index contributed by atoms with van der Waals surface area (Å²) >= 11 is 0. The number of phenols is 1. The van der Waals surface area contributed by atoms with Crippen molar-refractivity contribution in [3.63, 3.8) is 0 Å². The molecule has 2 aliphatic heterocycles. The van der Waals surface area contributed by atoms with E-state index in [0.29, 0.717) is 37.6 Å². The summed E-state index contributed by atoms with van der Waals surface area (Å²) in [5, 5.41) is 20.7. The van der Waals surface area contributed by atoms with E-state index in [9.17, 15) is 27.5 Å². The number of piperidine rings is 1. The number of aromatic hydroxyl groups is 1. The maximum absolute atomic E-state index is 13.4. The number of carboxylic acid groups (broad SMARTS) is 1. The normalized spacial score (nSPS) is 18.2.